The normalized spacial score (nSPS) is 16.3. The van der Waals surface area contributed by atoms with Crippen LogP contribution in [0.3, 0.4) is 0 Å². The Hall–Kier alpha value is -2.14. The van der Waals surface area contributed by atoms with E-state index in [1.165, 1.54) is 6.20 Å². The van der Waals surface area contributed by atoms with Gasteiger partial charge >= 0.3 is 0 Å². The zero-order valence-electron chi connectivity index (χ0n) is 12.2. The average Bonchev–Trinajstić information content (AvgIpc) is 2.48. The van der Waals surface area contributed by atoms with E-state index in [2.05, 4.69) is 4.98 Å². The second kappa shape index (κ2) is 5.33. The molecule has 21 heavy (non-hydrogen) atoms. The minimum Gasteiger partial charge on any atom is -0.482 e. The predicted octanol–water partition coefficient (Wildman–Crippen LogP) is 2.09. The summed E-state index contributed by atoms with van der Waals surface area (Å²) in [6.45, 7) is 5.19. The molecule has 0 aliphatic carbocycles. The van der Waals surface area contributed by atoms with Gasteiger partial charge in [0.1, 0.15) is 18.0 Å². The van der Waals surface area contributed by atoms with Crippen LogP contribution < -0.4 is 10.3 Å². The Morgan fingerprint density at radius 2 is 2.10 bits per heavy atom. The van der Waals surface area contributed by atoms with Crippen molar-refractivity contribution in [3.8, 4) is 5.75 Å². The van der Waals surface area contributed by atoms with E-state index in [1.807, 2.05) is 44.2 Å². The fourth-order valence-corrected chi connectivity index (χ4v) is 2.45. The van der Waals surface area contributed by atoms with Gasteiger partial charge in [0, 0.05) is 0 Å². The number of aromatic nitrogens is 2. The number of benzene rings is 1. The molecule has 0 saturated carbocycles. The van der Waals surface area contributed by atoms with E-state index in [4.69, 9.17) is 9.47 Å². The molecule has 0 saturated heterocycles. The van der Waals surface area contributed by atoms with Crippen molar-refractivity contribution in [2.24, 2.45) is 0 Å². The largest absolute Gasteiger partial charge is 0.482 e. The van der Waals surface area contributed by atoms with Crippen LogP contribution in [0.4, 0.5) is 0 Å². The van der Waals surface area contributed by atoms with Crippen molar-refractivity contribution < 1.29 is 9.47 Å². The van der Waals surface area contributed by atoms with Crippen molar-refractivity contribution in [2.75, 3.05) is 6.61 Å². The first-order valence-electron chi connectivity index (χ1n) is 6.99. The van der Waals surface area contributed by atoms with Gasteiger partial charge in [-0.25, -0.2) is 4.98 Å². The summed E-state index contributed by atoms with van der Waals surface area (Å²) in [5, 5.41) is 0. The Bertz CT molecular complexity index is 692. The minimum absolute atomic E-state index is 0.146. The van der Waals surface area contributed by atoms with Gasteiger partial charge in [-0.2, -0.15) is 0 Å². The Balaban J connectivity index is 1.87. The summed E-state index contributed by atoms with van der Waals surface area (Å²) in [7, 11) is 0. The molecule has 0 radical (unpaired) electrons. The summed E-state index contributed by atoms with van der Waals surface area (Å²) >= 11 is 0. The lowest BCUT2D eigenvalue weighted by atomic mass is 10.1. The van der Waals surface area contributed by atoms with Crippen molar-refractivity contribution in [1.29, 1.82) is 0 Å². The summed E-state index contributed by atoms with van der Waals surface area (Å²) in [4.78, 5) is 16.8. The molecule has 2 heterocycles. The lowest BCUT2D eigenvalue weighted by Crippen LogP contribution is -2.41. The zero-order valence-corrected chi connectivity index (χ0v) is 12.2. The van der Waals surface area contributed by atoms with Crippen molar-refractivity contribution in [3.05, 3.63) is 58.3 Å². The SMILES string of the molecule is CC1(C)OCCn2c1ncc(OCc1ccccc1)c2=O. The van der Waals surface area contributed by atoms with Crippen LogP contribution in [0.1, 0.15) is 25.2 Å². The third-order valence-electron chi connectivity index (χ3n) is 3.57. The lowest BCUT2D eigenvalue weighted by Gasteiger charge is -2.32. The molecule has 5 heteroatoms. The monoisotopic (exact) mass is 286 g/mol. The molecule has 110 valence electrons. The molecular formula is C16H18N2O3. The number of hydrogen-bond acceptors (Lipinski definition) is 4. The first kappa shape index (κ1) is 13.8. The molecule has 0 spiro atoms. The van der Waals surface area contributed by atoms with Gasteiger partial charge in [0.15, 0.2) is 0 Å². The van der Waals surface area contributed by atoms with Crippen molar-refractivity contribution in [3.63, 3.8) is 0 Å². The van der Waals surface area contributed by atoms with E-state index in [0.717, 1.165) is 5.56 Å². The number of hydrogen-bond donors (Lipinski definition) is 0. The van der Waals surface area contributed by atoms with Crippen molar-refractivity contribution in [2.45, 2.75) is 32.6 Å². The fourth-order valence-electron chi connectivity index (χ4n) is 2.45. The van der Waals surface area contributed by atoms with Gasteiger partial charge in [0.2, 0.25) is 5.75 Å². The Morgan fingerprint density at radius 3 is 2.86 bits per heavy atom. The fraction of sp³-hybridized carbons (Fsp3) is 0.375. The van der Waals surface area contributed by atoms with Crippen LogP contribution in [-0.4, -0.2) is 16.2 Å². The highest BCUT2D eigenvalue weighted by Gasteiger charge is 2.31. The standard InChI is InChI=1S/C16H18N2O3/c1-16(2)15-17-10-13(14(19)18(15)8-9-21-16)20-11-12-6-4-3-5-7-12/h3-7,10H,8-9,11H2,1-2H3. The first-order chi connectivity index (χ1) is 10.1. The molecule has 0 fully saturated rings. The second-order valence-electron chi connectivity index (χ2n) is 5.54. The van der Waals surface area contributed by atoms with Gasteiger partial charge in [0.25, 0.3) is 5.56 Å². The highest BCUT2D eigenvalue weighted by molar-refractivity contribution is 5.19. The topological polar surface area (TPSA) is 53.4 Å². The highest BCUT2D eigenvalue weighted by atomic mass is 16.5. The Morgan fingerprint density at radius 1 is 1.33 bits per heavy atom. The lowest BCUT2D eigenvalue weighted by molar-refractivity contribution is -0.0566. The van der Waals surface area contributed by atoms with E-state index in [0.29, 0.717) is 25.6 Å². The molecule has 1 aliphatic rings. The van der Waals surface area contributed by atoms with Gasteiger partial charge in [-0.3, -0.25) is 9.36 Å². The van der Waals surface area contributed by atoms with Crippen molar-refractivity contribution in [1.82, 2.24) is 9.55 Å². The summed E-state index contributed by atoms with van der Waals surface area (Å²) in [5.41, 5.74) is 0.325. The van der Waals surface area contributed by atoms with Gasteiger partial charge < -0.3 is 9.47 Å². The van der Waals surface area contributed by atoms with Gasteiger partial charge in [-0.15, -0.1) is 0 Å². The molecular weight excluding hydrogens is 268 g/mol. The van der Waals surface area contributed by atoms with E-state index in [9.17, 15) is 4.79 Å². The maximum Gasteiger partial charge on any atom is 0.296 e. The smallest absolute Gasteiger partial charge is 0.296 e. The number of nitrogens with zero attached hydrogens (tertiary/aromatic N) is 2. The Labute approximate surface area is 123 Å². The van der Waals surface area contributed by atoms with E-state index < -0.39 is 5.60 Å². The molecule has 2 aromatic rings. The molecule has 0 atom stereocenters. The molecule has 0 N–H and O–H groups in total. The number of fused-ring (bicyclic) bond motifs is 1. The van der Waals surface area contributed by atoms with Gasteiger partial charge in [0.05, 0.1) is 19.3 Å². The molecule has 0 amide bonds. The summed E-state index contributed by atoms with van der Waals surface area (Å²) in [5.74, 6) is 0.922. The summed E-state index contributed by atoms with van der Waals surface area (Å²) in [6, 6.07) is 9.74. The van der Waals surface area contributed by atoms with Gasteiger partial charge in [-0.05, 0) is 19.4 Å². The quantitative estimate of drug-likeness (QED) is 0.867. The third kappa shape index (κ3) is 2.69. The van der Waals surface area contributed by atoms with Crippen molar-refractivity contribution >= 4 is 0 Å². The van der Waals surface area contributed by atoms with Crippen LogP contribution in [0.25, 0.3) is 0 Å². The van der Waals surface area contributed by atoms with E-state index in [-0.39, 0.29) is 11.3 Å². The highest BCUT2D eigenvalue weighted by Crippen LogP contribution is 2.25. The third-order valence-corrected chi connectivity index (χ3v) is 3.57. The number of rotatable bonds is 3. The maximum absolute atomic E-state index is 12.5. The molecule has 3 rings (SSSR count). The second-order valence-corrected chi connectivity index (χ2v) is 5.54. The first-order valence-corrected chi connectivity index (χ1v) is 6.99. The van der Waals surface area contributed by atoms with Crippen LogP contribution in [0, 0.1) is 0 Å². The molecule has 5 nitrogen and oxygen atoms in total. The zero-order chi connectivity index (χ0) is 14.9. The van der Waals surface area contributed by atoms with Crippen LogP contribution in [0.5, 0.6) is 5.75 Å². The van der Waals surface area contributed by atoms with Crippen LogP contribution in [-0.2, 0) is 23.5 Å². The molecule has 0 bridgehead atoms. The van der Waals surface area contributed by atoms with Crippen LogP contribution >= 0.6 is 0 Å². The predicted molar refractivity (Wildman–Crippen MR) is 78.2 cm³/mol. The molecule has 1 aromatic carbocycles. The van der Waals surface area contributed by atoms with Gasteiger partial charge in [-0.1, -0.05) is 30.3 Å². The van der Waals surface area contributed by atoms with E-state index >= 15 is 0 Å². The molecule has 1 aromatic heterocycles. The summed E-state index contributed by atoms with van der Waals surface area (Å²) < 4.78 is 12.9. The Kier molecular flexibility index (Phi) is 3.51. The van der Waals surface area contributed by atoms with Crippen LogP contribution in [0.15, 0.2) is 41.3 Å². The molecule has 1 aliphatic heterocycles. The number of ether oxygens (including phenoxy) is 2. The molecule has 0 unspecified atom stereocenters. The minimum atomic E-state index is -0.546. The van der Waals surface area contributed by atoms with Crippen LogP contribution in [0.2, 0.25) is 0 Å². The summed E-state index contributed by atoms with van der Waals surface area (Å²) in [6.07, 6.45) is 1.49. The maximum atomic E-state index is 12.5. The van der Waals surface area contributed by atoms with E-state index in [1.54, 1.807) is 4.57 Å². The average molecular weight is 286 g/mol.